The van der Waals surface area contributed by atoms with Crippen molar-refractivity contribution in [2.75, 3.05) is 0 Å². The average Bonchev–Trinajstić information content (AvgIpc) is 2.85. The molecule has 5 rings (SSSR count). The highest BCUT2D eigenvalue weighted by Gasteiger charge is 2.18. The van der Waals surface area contributed by atoms with E-state index in [9.17, 15) is 0 Å². The third-order valence-electron chi connectivity index (χ3n) is 4.31. The summed E-state index contributed by atoms with van der Waals surface area (Å²) in [4.78, 5) is 21.6. The minimum atomic E-state index is 0.562. The Hall–Kier alpha value is -4.53. The molecule has 9 nitrogen and oxygen atoms in total. The first-order chi connectivity index (χ1) is 14.9. The van der Waals surface area contributed by atoms with Gasteiger partial charge in [0.05, 0.1) is 0 Å². The monoisotopic (exact) mass is 395 g/mol. The first-order valence-corrected chi connectivity index (χ1v) is 9.30. The first kappa shape index (κ1) is 17.6. The van der Waals surface area contributed by atoms with E-state index < -0.39 is 0 Å². The summed E-state index contributed by atoms with van der Waals surface area (Å²) in [5.41, 5.74) is 0.678. The molecule has 5 aromatic heterocycles. The van der Waals surface area contributed by atoms with Crippen molar-refractivity contribution in [3.8, 4) is 29.0 Å². The van der Waals surface area contributed by atoms with E-state index in [2.05, 4.69) is 30.2 Å². The Bertz CT molecular complexity index is 1160. The zero-order chi connectivity index (χ0) is 20.2. The third kappa shape index (κ3) is 3.24. The quantitative estimate of drug-likeness (QED) is 0.504. The van der Waals surface area contributed by atoms with Crippen LogP contribution in [0.5, 0.6) is 0 Å². The molecule has 0 spiro atoms. The van der Waals surface area contributed by atoms with E-state index in [0.29, 0.717) is 29.0 Å². The van der Waals surface area contributed by atoms with Crippen molar-refractivity contribution in [3.63, 3.8) is 0 Å². The van der Waals surface area contributed by atoms with Crippen molar-refractivity contribution in [3.05, 3.63) is 97.6 Å². The molecule has 5 aromatic rings. The highest BCUT2D eigenvalue weighted by molar-refractivity contribution is 5.51. The zero-order valence-corrected chi connectivity index (χ0v) is 15.8. The predicted molar refractivity (Wildman–Crippen MR) is 111 cm³/mol. The zero-order valence-electron chi connectivity index (χ0n) is 15.8. The van der Waals surface area contributed by atoms with E-state index in [-0.39, 0.29) is 0 Å². The Kier molecular flexibility index (Phi) is 4.59. The number of rotatable bonds is 4. The van der Waals surface area contributed by atoms with Crippen molar-refractivity contribution in [1.29, 1.82) is 0 Å². The van der Waals surface area contributed by atoms with Gasteiger partial charge in [-0.3, -0.25) is 4.98 Å². The molecular weight excluding hydrogens is 378 g/mol. The topological polar surface area (TPSA) is 95.0 Å². The molecular formula is C21H17N9. The van der Waals surface area contributed by atoms with Gasteiger partial charge in [0, 0.05) is 24.8 Å². The van der Waals surface area contributed by atoms with Gasteiger partial charge in [0.25, 0.3) is 0 Å². The van der Waals surface area contributed by atoms with Crippen LogP contribution < -0.4 is 0 Å². The molecule has 0 aliphatic carbocycles. The van der Waals surface area contributed by atoms with E-state index >= 15 is 0 Å². The van der Waals surface area contributed by atoms with Gasteiger partial charge in [0.2, 0.25) is 5.82 Å². The Morgan fingerprint density at radius 3 is 1.70 bits per heavy atom. The molecule has 146 valence electrons. The van der Waals surface area contributed by atoms with Gasteiger partial charge in [-0.15, -0.1) is 14.7 Å². The molecule has 0 amide bonds. The van der Waals surface area contributed by atoms with Gasteiger partial charge in [-0.1, -0.05) is 24.3 Å². The molecule has 0 bridgehead atoms. The smallest absolute Gasteiger partial charge is 0.202 e. The number of aromatic nitrogens is 9. The third-order valence-corrected chi connectivity index (χ3v) is 4.31. The van der Waals surface area contributed by atoms with Gasteiger partial charge in [0.1, 0.15) is 5.69 Å². The molecule has 0 saturated carbocycles. The predicted octanol–water partition coefficient (Wildman–Crippen LogP) is 3.15. The lowest BCUT2D eigenvalue weighted by Gasteiger charge is -2.23. The van der Waals surface area contributed by atoms with E-state index in [1.807, 2.05) is 82.3 Å². The lowest BCUT2D eigenvalue weighted by molar-refractivity contribution is 0.436. The molecule has 0 saturated heterocycles. The summed E-state index contributed by atoms with van der Waals surface area (Å²) in [7, 11) is 0. The molecule has 0 unspecified atom stereocenters. The largest absolute Gasteiger partial charge is 0.253 e. The number of nitrogens with zero attached hydrogens (tertiary/aromatic N) is 8. The second-order valence-electron chi connectivity index (χ2n) is 6.23. The second kappa shape index (κ2) is 7.84. The van der Waals surface area contributed by atoms with Crippen LogP contribution >= 0.6 is 0 Å². The summed E-state index contributed by atoms with van der Waals surface area (Å²) >= 11 is 0. The average molecular weight is 395 g/mol. The maximum Gasteiger partial charge on any atom is 0.202 e. The van der Waals surface area contributed by atoms with E-state index in [0.717, 1.165) is 0 Å². The minimum Gasteiger partial charge on any atom is -0.253 e. The molecule has 0 radical (unpaired) electrons. The van der Waals surface area contributed by atoms with Crippen LogP contribution in [0.3, 0.4) is 0 Å². The normalized spacial score (nSPS) is 10.7. The lowest BCUT2D eigenvalue weighted by Crippen LogP contribution is -2.30. The standard InChI is InChI=1S/C21H17N9/c1-5-13-22-17(9-1)21-26-27-29(19-11-3-7-15-24-19)30(20-12-4-8-16-25-20)28(21)18-10-2-6-14-23-18/h1-16,27H. The van der Waals surface area contributed by atoms with E-state index in [4.69, 9.17) is 0 Å². The number of aromatic amines is 1. The van der Waals surface area contributed by atoms with Gasteiger partial charge >= 0.3 is 0 Å². The maximum atomic E-state index is 4.60. The van der Waals surface area contributed by atoms with Crippen LogP contribution in [0.4, 0.5) is 0 Å². The van der Waals surface area contributed by atoms with Gasteiger partial charge in [-0.2, -0.15) is 9.90 Å². The molecule has 5 heterocycles. The number of hydrogen-bond donors (Lipinski definition) is 1. The molecule has 30 heavy (non-hydrogen) atoms. The first-order valence-electron chi connectivity index (χ1n) is 9.30. The van der Waals surface area contributed by atoms with Crippen LogP contribution in [0.25, 0.3) is 29.0 Å². The fourth-order valence-electron chi connectivity index (χ4n) is 3.01. The fourth-order valence-corrected chi connectivity index (χ4v) is 3.01. The number of H-pyrrole nitrogens is 1. The van der Waals surface area contributed by atoms with Gasteiger partial charge in [-0.25, -0.2) is 15.0 Å². The summed E-state index contributed by atoms with van der Waals surface area (Å²) in [5.74, 6) is 2.49. The number of hydrogen-bond acceptors (Lipinski definition) is 5. The van der Waals surface area contributed by atoms with Crippen LogP contribution in [0, 0.1) is 0 Å². The molecule has 1 N–H and O–H groups in total. The molecule has 0 aromatic carbocycles. The van der Waals surface area contributed by atoms with Crippen LogP contribution in [-0.4, -0.2) is 44.5 Å². The molecule has 0 aliphatic heterocycles. The lowest BCUT2D eigenvalue weighted by atomic mass is 10.3. The Morgan fingerprint density at radius 2 is 1.13 bits per heavy atom. The van der Waals surface area contributed by atoms with Crippen molar-refractivity contribution in [1.82, 2.24) is 44.5 Å². The maximum absolute atomic E-state index is 4.60. The highest BCUT2D eigenvalue weighted by atomic mass is 15.7. The molecule has 0 fully saturated rings. The number of pyridine rings is 4. The van der Waals surface area contributed by atoms with Gasteiger partial charge in [0.15, 0.2) is 17.5 Å². The summed E-state index contributed by atoms with van der Waals surface area (Å²) in [6, 6.07) is 22.7. The second-order valence-corrected chi connectivity index (χ2v) is 6.23. The van der Waals surface area contributed by atoms with Crippen molar-refractivity contribution in [2.45, 2.75) is 0 Å². The van der Waals surface area contributed by atoms with Crippen LogP contribution in [-0.2, 0) is 0 Å². The molecule has 9 heteroatoms. The Balaban J connectivity index is 1.91. The summed E-state index contributed by atoms with van der Waals surface area (Å²) in [5, 5.41) is 7.67. The van der Waals surface area contributed by atoms with E-state index in [1.165, 1.54) is 0 Å². The minimum absolute atomic E-state index is 0.562. The van der Waals surface area contributed by atoms with Crippen molar-refractivity contribution < 1.29 is 0 Å². The van der Waals surface area contributed by atoms with Gasteiger partial charge in [-0.05, 0) is 48.5 Å². The Morgan fingerprint density at radius 1 is 0.567 bits per heavy atom. The van der Waals surface area contributed by atoms with Gasteiger partial charge < -0.3 is 0 Å². The summed E-state index contributed by atoms with van der Waals surface area (Å²) in [6.45, 7) is 0. The number of nitrogens with one attached hydrogen (secondary N) is 1. The highest BCUT2D eigenvalue weighted by Crippen LogP contribution is 2.19. The molecule has 0 atom stereocenters. The molecule has 0 aliphatic rings. The van der Waals surface area contributed by atoms with Crippen LogP contribution in [0.15, 0.2) is 97.6 Å². The van der Waals surface area contributed by atoms with Crippen molar-refractivity contribution >= 4 is 0 Å². The van der Waals surface area contributed by atoms with Crippen molar-refractivity contribution in [2.24, 2.45) is 0 Å². The fraction of sp³-hybridized carbons (Fsp3) is 0. The Labute approximate surface area is 171 Å². The SMILES string of the molecule is c1ccc(-c2n[nH]n(-c3ccccn3)n(-c3ccccn3)n2-c2ccccn2)nc1. The van der Waals surface area contributed by atoms with Crippen LogP contribution in [0.1, 0.15) is 0 Å². The van der Waals surface area contributed by atoms with Crippen LogP contribution in [0.2, 0.25) is 0 Å². The summed E-state index contributed by atoms with van der Waals surface area (Å²) in [6.07, 6.45) is 6.91. The van der Waals surface area contributed by atoms with E-state index in [1.54, 1.807) is 29.6 Å². The summed E-state index contributed by atoms with van der Waals surface area (Å²) < 4.78 is 1.84.